The van der Waals surface area contributed by atoms with Gasteiger partial charge in [0.25, 0.3) is 11.6 Å². The summed E-state index contributed by atoms with van der Waals surface area (Å²) in [5.74, 6) is -0.393. The first kappa shape index (κ1) is 19.1. The van der Waals surface area contributed by atoms with Crippen LogP contribution in [0.1, 0.15) is 28.8 Å². The van der Waals surface area contributed by atoms with E-state index in [1.165, 1.54) is 18.2 Å². The number of hydrogen-bond donors (Lipinski definition) is 2. The van der Waals surface area contributed by atoms with Crippen LogP contribution >= 0.6 is 11.6 Å². The average Bonchev–Trinajstić information content (AvgIpc) is 2.67. The minimum Gasteiger partial charge on any atom is -0.393 e. The number of nitrogens with zero attached hydrogens (tertiary/aromatic N) is 1. The number of nitrogens with one attached hydrogen (secondary N) is 1. The molecule has 7 nitrogen and oxygen atoms in total. The number of amides is 1. The molecule has 8 heteroatoms. The second-order valence-corrected chi connectivity index (χ2v) is 6.99. The molecule has 0 saturated carbocycles. The molecule has 1 aliphatic heterocycles. The minimum atomic E-state index is -0.601. The van der Waals surface area contributed by atoms with Crippen molar-refractivity contribution in [3.05, 3.63) is 68.7 Å². The van der Waals surface area contributed by atoms with Gasteiger partial charge in [-0.2, -0.15) is 0 Å². The molecule has 1 heterocycles. The van der Waals surface area contributed by atoms with E-state index in [1.54, 1.807) is 0 Å². The number of rotatable bonds is 5. The van der Waals surface area contributed by atoms with E-state index >= 15 is 0 Å². The number of anilines is 1. The van der Waals surface area contributed by atoms with Gasteiger partial charge in [-0.15, -0.1) is 0 Å². The first-order chi connectivity index (χ1) is 12.9. The fourth-order valence-electron chi connectivity index (χ4n) is 3.39. The number of carbonyl (C=O) groups excluding carboxylic acids is 1. The van der Waals surface area contributed by atoms with Crippen molar-refractivity contribution >= 4 is 28.9 Å². The first-order valence-corrected chi connectivity index (χ1v) is 8.96. The summed E-state index contributed by atoms with van der Waals surface area (Å²) < 4.78 is 5.49. The fraction of sp³-hybridized carbons (Fsp3) is 0.316. The molecule has 0 unspecified atom stereocenters. The molecule has 142 valence electrons. The predicted molar refractivity (Wildman–Crippen MR) is 103 cm³/mol. The highest BCUT2D eigenvalue weighted by Gasteiger charge is 2.36. The summed E-state index contributed by atoms with van der Waals surface area (Å²) in [5.41, 5.74) is 6.15. The molecule has 1 aliphatic rings. The Morgan fingerprint density at radius 1 is 1.26 bits per heavy atom. The van der Waals surface area contributed by atoms with Crippen LogP contribution in [0.4, 0.5) is 11.4 Å². The van der Waals surface area contributed by atoms with Crippen LogP contribution in [0.2, 0.25) is 5.02 Å². The van der Waals surface area contributed by atoms with Gasteiger partial charge in [-0.05, 0) is 36.6 Å². The number of nitro groups is 1. The van der Waals surface area contributed by atoms with E-state index in [2.05, 4.69) is 5.32 Å². The monoisotopic (exact) mass is 389 g/mol. The van der Waals surface area contributed by atoms with Gasteiger partial charge in [0.1, 0.15) is 5.69 Å². The molecule has 27 heavy (non-hydrogen) atoms. The highest BCUT2D eigenvalue weighted by molar-refractivity contribution is 6.31. The zero-order valence-corrected chi connectivity index (χ0v) is 15.4. The topological polar surface area (TPSA) is 107 Å². The molecule has 0 atom stereocenters. The molecule has 0 radical (unpaired) electrons. The first-order valence-electron chi connectivity index (χ1n) is 8.58. The van der Waals surface area contributed by atoms with Crippen molar-refractivity contribution in [1.29, 1.82) is 0 Å². The lowest BCUT2D eigenvalue weighted by Crippen LogP contribution is -2.44. The number of carbonyl (C=O) groups is 1. The van der Waals surface area contributed by atoms with Crippen LogP contribution in [0.5, 0.6) is 0 Å². The number of nitro benzene ring substituents is 1. The van der Waals surface area contributed by atoms with Crippen LogP contribution in [0.25, 0.3) is 0 Å². The van der Waals surface area contributed by atoms with Crippen molar-refractivity contribution in [2.45, 2.75) is 18.3 Å². The van der Waals surface area contributed by atoms with E-state index in [0.717, 1.165) is 18.4 Å². The maximum Gasteiger partial charge on any atom is 0.292 e. The average molecular weight is 390 g/mol. The van der Waals surface area contributed by atoms with Gasteiger partial charge in [-0.3, -0.25) is 14.9 Å². The number of ether oxygens (including phenoxy) is 1. The largest absolute Gasteiger partial charge is 0.393 e. The highest BCUT2D eigenvalue weighted by Crippen LogP contribution is 2.38. The van der Waals surface area contributed by atoms with Crippen molar-refractivity contribution in [3.63, 3.8) is 0 Å². The van der Waals surface area contributed by atoms with Crippen molar-refractivity contribution in [1.82, 2.24) is 5.32 Å². The summed E-state index contributed by atoms with van der Waals surface area (Å²) in [4.78, 5) is 23.0. The van der Waals surface area contributed by atoms with Crippen LogP contribution in [-0.4, -0.2) is 30.6 Å². The van der Waals surface area contributed by atoms with Crippen LogP contribution in [0, 0.1) is 10.1 Å². The molecule has 3 N–H and O–H groups in total. The Kier molecular flexibility index (Phi) is 5.62. The van der Waals surface area contributed by atoms with Gasteiger partial charge >= 0.3 is 0 Å². The lowest BCUT2D eigenvalue weighted by atomic mass is 9.74. The van der Waals surface area contributed by atoms with Gasteiger partial charge < -0.3 is 15.8 Å². The molecule has 3 rings (SSSR count). The molecule has 0 bridgehead atoms. The molecule has 1 saturated heterocycles. The maximum atomic E-state index is 12.6. The minimum absolute atomic E-state index is 0.0218. The van der Waals surface area contributed by atoms with E-state index in [4.69, 9.17) is 22.1 Å². The summed E-state index contributed by atoms with van der Waals surface area (Å²) in [6.07, 6.45) is 1.44. The van der Waals surface area contributed by atoms with Crippen molar-refractivity contribution in [3.8, 4) is 0 Å². The van der Waals surface area contributed by atoms with Crippen molar-refractivity contribution in [2.24, 2.45) is 0 Å². The Bertz CT molecular complexity index is 866. The third-order valence-electron chi connectivity index (χ3n) is 4.97. The van der Waals surface area contributed by atoms with Gasteiger partial charge in [0, 0.05) is 41.8 Å². The van der Waals surface area contributed by atoms with E-state index in [0.29, 0.717) is 24.8 Å². The highest BCUT2D eigenvalue weighted by atomic mass is 35.5. The van der Waals surface area contributed by atoms with Crippen LogP contribution in [0.3, 0.4) is 0 Å². The third-order valence-corrected chi connectivity index (χ3v) is 5.30. The molecule has 0 spiro atoms. The molecule has 0 aliphatic carbocycles. The Balaban J connectivity index is 1.82. The van der Waals surface area contributed by atoms with Crippen LogP contribution < -0.4 is 11.1 Å². The second kappa shape index (κ2) is 7.94. The van der Waals surface area contributed by atoms with Crippen LogP contribution in [-0.2, 0) is 10.2 Å². The Hall–Kier alpha value is -2.64. The molecular formula is C19H20ClN3O4. The standard InChI is InChI=1S/C19H20ClN3O4/c20-15-4-2-1-3-14(15)19(7-9-27-10-8-19)12-22-18(24)13-5-6-16(21)17(11-13)23(25)26/h1-6,11H,7-10,12,21H2,(H,22,24). The van der Waals surface area contributed by atoms with Crippen LogP contribution in [0.15, 0.2) is 42.5 Å². The molecule has 2 aromatic carbocycles. The summed E-state index contributed by atoms with van der Waals surface area (Å²) in [7, 11) is 0. The van der Waals surface area contributed by atoms with Gasteiger partial charge in [-0.25, -0.2) is 0 Å². The number of nitrogen functional groups attached to an aromatic ring is 1. The number of benzene rings is 2. The fourth-order valence-corrected chi connectivity index (χ4v) is 3.73. The molecular weight excluding hydrogens is 370 g/mol. The maximum absolute atomic E-state index is 12.6. The summed E-state index contributed by atoms with van der Waals surface area (Å²) in [6.45, 7) is 1.51. The number of halogens is 1. The summed E-state index contributed by atoms with van der Waals surface area (Å²) in [5, 5.41) is 14.6. The zero-order chi connectivity index (χ0) is 19.4. The van der Waals surface area contributed by atoms with Gasteiger partial charge in [0.15, 0.2) is 0 Å². The second-order valence-electron chi connectivity index (χ2n) is 6.59. The van der Waals surface area contributed by atoms with E-state index in [1.807, 2.05) is 24.3 Å². The van der Waals surface area contributed by atoms with E-state index < -0.39 is 10.8 Å². The molecule has 2 aromatic rings. The van der Waals surface area contributed by atoms with Gasteiger partial charge in [-0.1, -0.05) is 29.8 Å². The number of hydrogen-bond acceptors (Lipinski definition) is 5. The third kappa shape index (κ3) is 4.04. The van der Waals surface area contributed by atoms with Gasteiger partial charge in [0.2, 0.25) is 0 Å². The Labute approximate surface area is 161 Å². The smallest absolute Gasteiger partial charge is 0.292 e. The Morgan fingerprint density at radius 3 is 2.63 bits per heavy atom. The molecule has 0 aromatic heterocycles. The quantitative estimate of drug-likeness (QED) is 0.463. The lowest BCUT2D eigenvalue weighted by Gasteiger charge is -2.38. The SMILES string of the molecule is Nc1ccc(C(=O)NCC2(c3ccccc3Cl)CCOCC2)cc1[N+](=O)[O-]. The van der Waals surface area contributed by atoms with E-state index in [-0.39, 0.29) is 22.4 Å². The zero-order valence-electron chi connectivity index (χ0n) is 14.6. The molecule has 1 fully saturated rings. The molecule has 1 amide bonds. The summed E-state index contributed by atoms with van der Waals surface area (Å²) in [6, 6.07) is 11.6. The van der Waals surface area contributed by atoms with Crippen molar-refractivity contribution < 1.29 is 14.5 Å². The Morgan fingerprint density at radius 2 is 1.96 bits per heavy atom. The van der Waals surface area contributed by atoms with E-state index in [9.17, 15) is 14.9 Å². The summed E-state index contributed by atoms with van der Waals surface area (Å²) >= 11 is 6.41. The normalized spacial score (nSPS) is 15.9. The predicted octanol–water partition coefficient (Wildman–Crippen LogP) is 3.31. The lowest BCUT2D eigenvalue weighted by molar-refractivity contribution is -0.383. The number of nitrogens with two attached hydrogens (primary N) is 1. The van der Waals surface area contributed by atoms with Gasteiger partial charge in [0.05, 0.1) is 4.92 Å². The van der Waals surface area contributed by atoms with Crippen molar-refractivity contribution in [2.75, 3.05) is 25.5 Å².